The first-order valence-corrected chi connectivity index (χ1v) is 15.0. The number of nitrogens with one attached hydrogen (secondary N) is 1. The van der Waals surface area contributed by atoms with Gasteiger partial charge >= 0.3 is 0 Å². The molecule has 0 saturated heterocycles. The summed E-state index contributed by atoms with van der Waals surface area (Å²) in [5.74, 6) is 0.536. The van der Waals surface area contributed by atoms with Gasteiger partial charge in [0.1, 0.15) is 12.4 Å². The first-order chi connectivity index (χ1) is 19.4. The van der Waals surface area contributed by atoms with Gasteiger partial charge in [0.15, 0.2) is 0 Å². The molecular formula is C32H24ClI2N3O2. The fourth-order valence-electron chi connectivity index (χ4n) is 4.24. The molecule has 8 heteroatoms. The summed E-state index contributed by atoms with van der Waals surface area (Å²) in [6.07, 6.45) is 1.63. The van der Waals surface area contributed by atoms with Crippen molar-refractivity contribution in [2.75, 3.05) is 0 Å². The van der Waals surface area contributed by atoms with E-state index in [0.717, 1.165) is 46.7 Å². The SMILES string of the molecule is Cc1ccc(-c2ccccc2)n1-c1ccc(C(=O)N/N=C/c2cc(I)c(OCc3ccc(Cl)cc3)c(I)c2)cc1. The van der Waals surface area contributed by atoms with Crippen LogP contribution in [0.1, 0.15) is 27.2 Å². The molecule has 5 nitrogen and oxygen atoms in total. The predicted octanol–water partition coefficient (Wildman–Crippen LogP) is 8.66. The van der Waals surface area contributed by atoms with Crippen molar-refractivity contribution in [1.29, 1.82) is 0 Å². The molecule has 4 aromatic carbocycles. The molecule has 0 bridgehead atoms. The van der Waals surface area contributed by atoms with E-state index in [2.05, 4.69) is 91.5 Å². The highest BCUT2D eigenvalue weighted by atomic mass is 127. The van der Waals surface area contributed by atoms with Crippen LogP contribution in [0, 0.1) is 14.1 Å². The van der Waals surface area contributed by atoms with Crippen LogP contribution in [0.2, 0.25) is 5.02 Å². The summed E-state index contributed by atoms with van der Waals surface area (Å²) in [4.78, 5) is 12.8. The molecule has 1 N–H and O–H groups in total. The number of nitrogens with zero attached hydrogens (tertiary/aromatic N) is 2. The number of aromatic nitrogens is 1. The van der Waals surface area contributed by atoms with E-state index < -0.39 is 0 Å². The smallest absolute Gasteiger partial charge is 0.271 e. The average Bonchev–Trinajstić information content (AvgIpc) is 3.35. The minimum atomic E-state index is -0.275. The minimum absolute atomic E-state index is 0.275. The largest absolute Gasteiger partial charge is 0.487 e. The monoisotopic (exact) mass is 771 g/mol. The van der Waals surface area contributed by atoms with Gasteiger partial charge in [0.25, 0.3) is 5.91 Å². The van der Waals surface area contributed by atoms with Gasteiger partial charge in [0.05, 0.1) is 19.0 Å². The van der Waals surface area contributed by atoms with Gasteiger partial charge in [-0.2, -0.15) is 5.10 Å². The fraction of sp³-hybridized carbons (Fsp3) is 0.0625. The van der Waals surface area contributed by atoms with Crippen LogP contribution in [0.3, 0.4) is 0 Å². The Labute approximate surface area is 265 Å². The molecule has 200 valence electrons. The van der Waals surface area contributed by atoms with Crippen LogP contribution in [-0.2, 0) is 6.61 Å². The first-order valence-electron chi connectivity index (χ1n) is 12.4. The Morgan fingerprint density at radius 2 is 1.60 bits per heavy atom. The molecule has 0 spiro atoms. The molecule has 1 heterocycles. The van der Waals surface area contributed by atoms with E-state index in [9.17, 15) is 4.79 Å². The van der Waals surface area contributed by atoms with Gasteiger partial charge in [0.2, 0.25) is 0 Å². The molecule has 0 radical (unpaired) electrons. The average molecular weight is 772 g/mol. The molecule has 0 unspecified atom stereocenters. The molecule has 0 aliphatic heterocycles. The molecule has 40 heavy (non-hydrogen) atoms. The maximum Gasteiger partial charge on any atom is 0.271 e. The number of benzene rings is 4. The van der Waals surface area contributed by atoms with Crippen LogP contribution in [0.15, 0.2) is 108 Å². The third-order valence-electron chi connectivity index (χ3n) is 6.23. The molecule has 5 aromatic rings. The van der Waals surface area contributed by atoms with Crippen LogP contribution in [0.4, 0.5) is 0 Å². The number of rotatable bonds is 8. The quantitative estimate of drug-likeness (QED) is 0.0976. The second kappa shape index (κ2) is 13.0. The van der Waals surface area contributed by atoms with Crippen molar-refractivity contribution in [1.82, 2.24) is 9.99 Å². The number of carbonyl (C=O) groups is 1. The summed E-state index contributed by atoms with van der Waals surface area (Å²) < 4.78 is 10.1. The van der Waals surface area contributed by atoms with Crippen LogP contribution in [-0.4, -0.2) is 16.7 Å². The normalized spacial score (nSPS) is 11.1. The molecule has 1 aromatic heterocycles. The van der Waals surface area contributed by atoms with E-state index in [-0.39, 0.29) is 5.91 Å². The third-order valence-corrected chi connectivity index (χ3v) is 8.08. The standard InChI is InChI=1S/C32H24ClI2N3O2/c1-21-7-16-30(24-5-3-2-4-6-24)38(21)27-14-10-25(11-15-27)32(39)37-36-19-23-17-28(34)31(29(35)18-23)40-20-22-8-12-26(33)13-9-22/h2-19H,20H2,1H3,(H,37,39)/b36-19+. The lowest BCUT2D eigenvalue weighted by molar-refractivity contribution is 0.0955. The van der Waals surface area contributed by atoms with E-state index in [0.29, 0.717) is 17.2 Å². The number of hydrazone groups is 1. The van der Waals surface area contributed by atoms with E-state index in [1.165, 1.54) is 0 Å². The highest BCUT2D eigenvalue weighted by molar-refractivity contribution is 14.1. The number of hydrogen-bond acceptors (Lipinski definition) is 3. The van der Waals surface area contributed by atoms with Gasteiger partial charge in [-0.3, -0.25) is 4.79 Å². The zero-order valence-electron chi connectivity index (χ0n) is 21.4. The van der Waals surface area contributed by atoms with Crippen molar-refractivity contribution in [3.63, 3.8) is 0 Å². The maximum absolute atomic E-state index is 12.8. The fourth-order valence-corrected chi connectivity index (χ4v) is 6.49. The zero-order chi connectivity index (χ0) is 28.1. The maximum atomic E-state index is 12.8. The number of halogens is 3. The van der Waals surface area contributed by atoms with E-state index in [4.69, 9.17) is 16.3 Å². The van der Waals surface area contributed by atoms with Crippen LogP contribution in [0.5, 0.6) is 5.75 Å². The highest BCUT2D eigenvalue weighted by Crippen LogP contribution is 2.30. The third kappa shape index (κ3) is 6.76. The van der Waals surface area contributed by atoms with Crippen LogP contribution < -0.4 is 10.2 Å². The van der Waals surface area contributed by atoms with Gasteiger partial charge in [0, 0.05) is 22.0 Å². The number of amides is 1. The van der Waals surface area contributed by atoms with Crippen LogP contribution in [0.25, 0.3) is 16.9 Å². The molecular weight excluding hydrogens is 748 g/mol. The Kier molecular flexibility index (Phi) is 9.23. The van der Waals surface area contributed by atoms with Crippen molar-refractivity contribution < 1.29 is 9.53 Å². The number of aryl methyl sites for hydroxylation is 1. The van der Waals surface area contributed by atoms with Crippen molar-refractivity contribution in [2.45, 2.75) is 13.5 Å². The van der Waals surface area contributed by atoms with Gasteiger partial charge < -0.3 is 9.30 Å². The topological polar surface area (TPSA) is 55.6 Å². The summed E-state index contributed by atoms with van der Waals surface area (Å²) in [6.45, 7) is 2.52. The summed E-state index contributed by atoms with van der Waals surface area (Å²) in [6, 6.07) is 33.5. The Bertz CT molecular complexity index is 1640. The Hall–Kier alpha value is -3.15. The van der Waals surface area contributed by atoms with Crippen molar-refractivity contribution in [3.8, 4) is 22.7 Å². The lowest BCUT2D eigenvalue weighted by Gasteiger charge is -2.13. The van der Waals surface area contributed by atoms with E-state index >= 15 is 0 Å². The van der Waals surface area contributed by atoms with Crippen LogP contribution >= 0.6 is 56.8 Å². The summed E-state index contributed by atoms with van der Waals surface area (Å²) in [7, 11) is 0. The Balaban J connectivity index is 1.23. The number of hydrogen-bond donors (Lipinski definition) is 1. The molecule has 0 aliphatic carbocycles. The molecule has 1 amide bonds. The zero-order valence-corrected chi connectivity index (χ0v) is 26.5. The van der Waals surface area contributed by atoms with E-state index in [1.54, 1.807) is 6.21 Å². The van der Waals surface area contributed by atoms with Crippen molar-refractivity contribution in [2.24, 2.45) is 5.10 Å². The summed E-state index contributed by atoms with van der Waals surface area (Å²) >= 11 is 10.5. The molecule has 0 aliphatic rings. The second-order valence-corrected chi connectivity index (χ2v) is 11.8. The molecule has 5 rings (SSSR count). The summed E-state index contributed by atoms with van der Waals surface area (Å²) in [5, 5.41) is 4.88. The Morgan fingerprint density at radius 3 is 2.27 bits per heavy atom. The summed E-state index contributed by atoms with van der Waals surface area (Å²) in [5.41, 5.74) is 9.41. The van der Waals surface area contributed by atoms with Gasteiger partial charge in [-0.05, 0) is 129 Å². The first kappa shape index (κ1) is 28.4. The number of ether oxygens (including phenoxy) is 1. The van der Waals surface area contributed by atoms with Crippen molar-refractivity contribution >= 4 is 68.9 Å². The molecule has 0 saturated carbocycles. The number of carbonyl (C=O) groups excluding carboxylic acids is 1. The molecule has 0 atom stereocenters. The molecule has 0 fully saturated rings. The van der Waals surface area contributed by atoms with Crippen molar-refractivity contribution in [3.05, 3.63) is 138 Å². The second-order valence-electron chi connectivity index (χ2n) is 9.04. The highest BCUT2D eigenvalue weighted by Gasteiger charge is 2.12. The lowest BCUT2D eigenvalue weighted by Crippen LogP contribution is -2.17. The van der Waals surface area contributed by atoms with Gasteiger partial charge in [-0.1, -0.05) is 54.1 Å². The van der Waals surface area contributed by atoms with E-state index in [1.807, 2.05) is 78.9 Å². The van der Waals surface area contributed by atoms with Gasteiger partial charge in [-0.15, -0.1) is 0 Å². The predicted molar refractivity (Wildman–Crippen MR) is 179 cm³/mol. The Morgan fingerprint density at radius 1 is 0.925 bits per heavy atom. The minimum Gasteiger partial charge on any atom is -0.487 e. The van der Waals surface area contributed by atoms with Gasteiger partial charge in [-0.25, -0.2) is 5.43 Å². The lowest BCUT2D eigenvalue weighted by atomic mass is 10.1.